The molecule has 2 aromatic rings. The van der Waals surface area contributed by atoms with Crippen LogP contribution in [0.1, 0.15) is 39.2 Å². The van der Waals surface area contributed by atoms with Crippen LogP contribution in [0.4, 0.5) is 11.8 Å². The van der Waals surface area contributed by atoms with Crippen molar-refractivity contribution in [3.63, 3.8) is 0 Å². The van der Waals surface area contributed by atoms with E-state index in [0.717, 1.165) is 38.3 Å². The van der Waals surface area contributed by atoms with E-state index in [4.69, 9.17) is 9.72 Å². The van der Waals surface area contributed by atoms with Gasteiger partial charge in [-0.15, -0.1) is 0 Å². The molecule has 2 aliphatic heterocycles. The molecule has 0 saturated carbocycles. The minimum atomic E-state index is -0.0951. The van der Waals surface area contributed by atoms with Crippen LogP contribution < -0.4 is 15.4 Å². The van der Waals surface area contributed by atoms with Crippen LogP contribution in [0, 0.1) is 0 Å². The number of nitrogens with one attached hydrogen (secondary N) is 1. The molecule has 1 N–H and O–H groups in total. The van der Waals surface area contributed by atoms with Gasteiger partial charge in [-0.3, -0.25) is 9.78 Å². The highest BCUT2D eigenvalue weighted by molar-refractivity contribution is 5.46. The van der Waals surface area contributed by atoms with Crippen LogP contribution in [-0.4, -0.2) is 48.4 Å². The molecular formula is C22H30N4O2. The van der Waals surface area contributed by atoms with E-state index in [1.54, 1.807) is 6.07 Å². The monoisotopic (exact) mass is 382 g/mol. The lowest BCUT2D eigenvalue weighted by Crippen LogP contribution is -2.46. The molecule has 28 heavy (non-hydrogen) atoms. The standard InChI is InChI=1S/C22H30N4O2/c1-16-15-25(12-13-28-16)19-14-20(27)24-21(23-19)26-11-7-10-18(26)22(2,3)17-8-5-4-6-9-17/h4-6,8-9,14,16,18H,7,10-13,15H2,1-3H3,(H,23,24,27)/t16-,18+/m1/s1. The molecule has 6 heteroatoms. The molecule has 4 rings (SSSR count). The van der Waals surface area contributed by atoms with E-state index in [1.807, 2.05) is 0 Å². The van der Waals surface area contributed by atoms with Crippen LogP contribution >= 0.6 is 0 Å². The second kappa shape index (κ2) is 7.59. The van der Waals surface area contributed by atoms with E-state index in [9.17, 15) is 4.79 Å². The Morgan fingerprint density at radius 2 is 2.00 bits per heavy atom. The highest BCUT2D eigenvalue weighted by Gasteiger charge is 2.39. The number of nitrogens with zero attached hydrogens (tertiary/aromatic N) is 3. The van der Waals surface area contributed by atoms with Crippen molar-refractivity contribution in [2.75, 3.05) is 36.0 Å². The third-order valence-corrected chi connectivity index (χ3v) is 6.16. The van der Waals surface area contributed by atoms with Gasteiger partial charge in [0.1, 0.15) is 5.82 Å². The zero-order valence-electron chi connectivity index (χ0n) is 17.0. The maximum absolute atomic E-state index is 12.4. The number of morpholine rings is 1. The van der Waals surface area contributed by atoms with Crippen molar-refractivity contribution in [2.45, 2.75) is 51.2 Å². The van der Waals surface area contributed by atoms with E-state index in [1.165, 1.54) is 5.56 Å². The summed E-state index contributed by atoms with van der Waals surface area (Å²) >= 11 is 0. The Kier molecular flexibility index (Phi) is 5.15. The number of hydrogen-bond acceptors (Lipinski definition) is 5. The fourth-order valence-electron chi connectivity index (χ4n) is 4.59. The van der Waals surface area contributed by atoms with E-state index < -0.39 is 0 Å². The van der Waals surface area contributed by atoms with E-state index in [-0.39, 0.29) is 23.1 Å². The van der Waals surface area contributed by atoms with Crippen LogP contribution in [0.15, 0.2) is 41.2 Å². The van der Waals surface area contributed by atoms with Gasteiger partial charge in [0, 0.05) is 37.2 Å². The third-order valence-electron chi connectivity index (χ3n) is 6.16. The van der Waals surface area contributed by atoms with E-state index in [0.29, 0.717) is 12.6 Å². The molecule has 0 unspecified atom stereocenters. The highest BCUT2D eigenvalue weighted by atomic mass is 16.5. The number of ether oxygens (including phenoxy) is 1. The summed E-state index contributed by atoms with van der Waals surface area (Å²) < 4.78 is 5.63. The number of H-pyrrole nitrogens is 1. The molecule has 2 aliphatic rings. The molecule has 1 aromatic carbocycles. The molecule has 3 heterocycles. The fourth-order valence-corrected chi connectivity index (χ4v) is 4.59. The van der Waals surface area contributed by atoms with Crippen LogP contribution in [-0.2, 0) is 10.2 Å². The van der Waals surface area contributed by atoms with Crippen LogP contribution in [0.3, 0.4) is 0 Å². The van der Waals surface area contributed by atoms with Gasteiger partial charge in [0.25, 0.3) is 5.56 Å². The Morgan fingerprint density at radius 3 is 2.75 bits per heavy atom. The summed E-state index contributed by atoms with van der Waals surface area (Å²) in [4.78, 5) is 24.8. The quantitative estimate of drug-likeness (QED) is 0.881. The van der Waals surface area contributed by atoms with Crippen molar-refractivity contribution in [3.05, 3.63) is 52.3 Å². The Labute approximate surface area is 166 Å². The zero-order chi connectivity index (χ0) is 19.7. The first-order valence-electron chi connectivity index (χ1n) is 10.3. The van der Waals surface area contributed by atoms with Gasteiger partial charge in [-0.05, 0) is 25.3 Å². The van der Waals surface area contributed by atoms with Crippen molar-refractivity contribution >= 4 is 11.8 Å². The summed E-state index contributed by atoms with van der Waals surface area (Å²) in [7, 11) is 0. The molecule has 0 radical (unpaired) electrons. The minimum Gasteiger partial charge on any atom is -0.375 e. The number of benzene rings is 1. The second-order valence-electron chi connectivity index (χ2n) is 8.49. The van der Waals surface area contributed by atoms with Crippen molar-refractivity contribution in [1.82, 2.24) is 9.97 Å². The first-order chi connectivity index (χ1) is 13.4. The smallest absolute Gasteiger partial charge is 0.254 e. The maximum atomic E-state index is 12.4. The molecule has 0 amide bonds. The average molecular weight is 383 g/mol. The summed E-state index contributed by atoms with van der Waals surface area (Å²) in [6.45, 7) is 9.73. The number of rotatable bonds is 4. The lowest BCUT2D eigenvalue weighted by molar-refractivity contribution is 0.0529. The van der Waals surface area contributed by atoms with Crippen LogP contribution in [0.25, 0.3) is 0 Å². The molecule has 6 nitrogen and oxygen atoms in total. The van der Waals surface area contributed by atoms with Crippen molar-refractivity contribution < 1.29 is 4.74 Å². The summed E-state index contributed by atoms with van der Waals surface area (Å²) in [6, 6.07) is 12.5. The molecule has 150 valence electrons. The molecule has 0 bridgehead atoms. The number of anilines is 2. The average Bonchev–Trinajstić information content (AvgIpc) is 3.19. The van der Waals surface area contributed by atoms with E-state index >= 15 is 0 Å². The Morgan fingerprint density at radius 1 is 1.21 bits per heavy atom. The molecule has 2 atom stereocenters. The van der Waals surface area contributed by atoms with Gasteiger partial charge in [-0.25, -0.2) is 0 Å². The first kappa shape index (κ1) is 19.0. The van der Waals surface area contributed by atoms with Crippen molar-refractivity contribution in [2.24, 2.45) is 0 Å². The number of hydrogen-bond donors (Lipinski definition) is 1. The van der Waals surface area contributed by atoms with Crippen LogP contribution in [0.5, 0.6) is 0 Å². The Hall–Kier alpha value is -2.34. The highest BCUT2D eigenvalue weighted by Crippen LogP contribution is 2.37. The molecule has 2 saturated heterocycles. The van der Waals surface area contributed by atoms with Crippen LogP contribution in [0.2, 0.25) is 0 Å². The normalized spacial score (nSPS) is 23.2. The van der Waals surface area contributed by atoms with Crippen molar-refractivity contribution in [3.8, 4) is 0 Å². The summed E-state index contributed by atoms with van der Waals surface area (Å²) in [5.41, 5.74) is 1.18. The Balaban J connectivity index is 1.65. The summed E-state index contributed by atoms with van der Waals surface area (Å²) in [6.07, 6.45) is 2.34. The van der Waals surface area contributed by atoms with Gasteiger partial charge >= 0.3 is 0 Å². The zero-order valence-corrected chi connectivity index (χ0v) is 17.0. The van der Waals surface area contributed by atoms with Gasteiger partial charge in [0.05, 0.1) is 12.7 Å². The minimum absolute atomic E-state index is 0.0419. The number of aromatic amines is 1. The van der Waals surface area contributed by atoms with Crippen molar-refractivity contribution in [1.29, 1.82) is 0 Å². The Bertz CT molecular complexity index is 864. The van der Waals surface area contributed by atoms with Gasteiger partial charge in [0.15, 0.2) is 0 Å². The predicted molar refractivity (Wildman–Crippen MR) is 112 cm³/mol. The first-order valence-corrected chi connectivity index (χ1v) is 10.3. The molecule has 0 spiro atoms. The summed E-state index contributed by atoms with van der Waals surface area (Å²) in [5, 5.41) is 0. The fraction of sp³-hybridized carbons (Fsp3) is 0.545. The SMILES string of the molecule is C[C@@H]1CN(c2cc(=O)[nH]c(N3CCC[C@H]3C(C)(C)c3ccccc3)n2)CCO1. The topological polar surface area (TPSA) is 61.5 Å². The van der Waals surface area contributed by atoms with E-state index in [2.05, 4.69) is 65.9 Å². The maximum Gasteiger partial charge on any atom is 0.254 e. The lowest BCUT2D eigenvalue weighted by Gasteiger charge is -2.39. The van der Waals surface area contributed by atoms with Gasteiger partial charge in [-0.1, -0.05) is 44.2 Å². The number of aromatic nitrogens is 2. The predicted octanol–water partition coefficient (Wildman–Crippen LogP) is 2.94. The second-order valence-corrected chi connectivity index (χ2v) is 8.49. The third kappa shape index (κ3) is 3.65. The molecule has 0 aliphatic carbocycles. The van der Waals surface area contributed by atoms with Gasteiger partial charge < -0.3 is 14.5 Å². The molecule has 2 fully saturated rings. The molecular weight excluding hydrogens is 352 g/mol. The lowest BCUT2D eigenvalue weighted by atomic mass is 9.76. The largest absolute Gasteiger partial charge is 0.375 e. The summed E-state index contributed by atoms with van der Waals surface area (Å²) in [5.74, 6) is 1.44. The van der Waals surface area contributed by atoms with Gasteiger partial charge in [0.2, 0.25) is 5.95 Å². The molecule has 1 aromatic heterocycles. The van der Waals surface area contributed by atoms with Gasteiger partial charge in [-0.2, -0.15) is 4.98 Å².